The average molecular weight is 325 g/mol. The lowest BCUT2D eigenvalue weighted by atomic mass is 10.3. The van der Waals surface area contributed by atoms with Crippen LogP contribution in [-0.4, -0.2) is 57.1 Å². The smallest absolute Gasteiger partial charge is 0.329 e. The van der Waals surface area contributed by atoms with E-state index in [0.717, 1.165) is 0 Å². The highest BCUT2D eigenvalue weighted by Gasteiger charge is 2.20. The summed E-state index contributed by atoms with van der Waals surface area (Å²) in [4.78, 5) is 32.3. The van der Waals surface area contributed by atoms with E-state index in [1.54, 1.807) is 23.6 Å². The quantitative estimate of drug-likeness (QED) is 0.726. The highest BCUT2D eigenvalue weighted by Crippen LogP contribution is 2.18. The Kier molecular flexibility index (Phi) is 4.90. The van der Waals surface area contributed by atoms with Gasteiger partial charge in [-0.3, -0.25) is 14.3 Å². The molecular formula is C14H23N5O4. The zero-order valence-corrected chi connectivity index (χ0v) is 14.0. The Bertz CT molecular complexity index is 802. The summed E-state index contributed by atoms with van der Waals surface area (Å²) < 4.78 is 8.27. The maximum Gasteiger partial charge on any atom is 0.329 e. The molecule has 0 spiro atoms. The first-order chi connectivity index (χ1) is 10.7. The Morgan fingerprint density at radius 3 is 2.57 bits per heavy atom. The van der Waals surface area contributed by atoms with Gasteiger partial charge >= 0.3 is 5.69 Å². The number of aryl methyl sites for hydroxylation is 1. The van der Waals surface area contributed by atoms with Crippen LogP contribution in [0.5, 0.6) is 0 Å². The number of hydrogen-bond acceptors (Lipinski definition) is 6. The predicted molar refractivity (Wildman–Crippen MR) is 87.0 cm³/mol. The summed E-state index contributed by atoms with van der Waals surface area (Å²) >= 11 is 0. The molecule has 2 aromatic heterocycles. The molecule has 0 bridgehead atoms. The van der Waals surface area contributed by atoms with Crippen molar-refractivity contribution < 1.29 is 9.84 Å². The molecule has 0 fully saturated rings. The second-order valence-corrected chi connectivity index (χ2v) is 5.94. The van der Waals surface area contributed by atoms with Crippen LogP contribution in [0.15, 0.2) is 9.59 Å². The van der Waals surface area contributed by atoms with Gasteiger partial charge in [0.2, 0.25) is 5.95 Å². The van der Waals surface area contributed by atoms with Crippen molar-refractivity contribution in [3.63, 3.8) is 0 Å². The molecule has 23 heavy (non-hydrogen) atoms. The van der Waals surface area contributed by atoms with E-state index in [2.05, 4.69) is 9.97 Å². The van der Waals surface area contributed by atoms with Crippen molar-refractivity contribution in [2.75, 3.05) is 25.6 Å². The van der Waals surface area contributed by atoms with E-state index >= 15 is 0 Å². The van der Waals surface area contributed by atoms with E-state index in [1.807, 2.05) is 13.8 Å². The summed E-state index contributed by atoms with van der Waals surface area (Å²) in [7, 11) is 5.09. The number of anilines is 1. The summed E-state index contributed by atoms with van der Waals surface area (Å²) in [5, 5.41) is 10.2. The first-order valence-corrected chi connectivity index (χ1v) is 7.39. The summed E-state index contributed by atoms with van der Waals surface area (Å²) in [6.45, 7) is 4.04. The number of aromatic amines is 1. The summed E-state index contributed by atoms with van der Waals surface area (Å²) in [6.07, 6.45) is -0.799. The summed E-state index contributed by atoms with van der Waals surface area (Å²) in [5.41, 5.74) is -0.527. The number of nitrogens with zero attached hydrogens (tertiary/aromatic N) is 4. The number of hydrogen-bond donors (Lipinski definition) is 2. The van der Waals surface area contributed by atoms with Crippen LogP contribution >= 0.6 is 0 Å². The van der Waals surface area contributed by atoms with Gasteiger partial charge in [-0.15, -0.1) is 0 Å². The van der Waals surface area contributed by atoms with E-state index in [-0.39, 0.29) is 30.4 Å². The Balaban J connectivity index is 2.52. The van der Waals surface area contributed by atoms with Gasteiger partial charge in [0.1, 0.15) is 0 Å². The van der Waals surface area contributed by atoms with Crippen molar-refractivity contribution in [1.82, 2.24) is 19.1 Å². The van der Waals surface area contributed by atoms with Crippen LogP contribution in [0.4, 0.5) is 5.95 Å². The number of aliphatic hydroxyl groups excluding tert-OH is 1. The van der Waals surface area contributed by atoms with Crippen molar-refractivity contribution in [2.24, 2.45) is 7.05 Å². The molecule has 9 heteroatoms. The first-order valence-electron chi connectivity index (χ1n) is 7.39. The molecule has 2 N–H and O–H groups in total. The number of imidazole rings is 1. The van der Waals surface area contributed by atoms with E-state index in [9.17, 15) is 14.7 Å². The maximum absolute atomic E-state index is 12.2. The second-order valence-electron chi connectivity index (χ2n) is 5.94. The van der Waals surface area contributed by atoms with Crippen molar-refractivity contribution in [1.29, 1.82) is 0 Å². The van der Waals surface area contributed by atoms with Crippen LogP contribution in [-0.2, 0) is 18.3 Å². The van der Waals surface area contributed by atoms with Crippen LogP contribution in [0.25, 0.3) is 11.2 Å². The minimum absolute atomic E-state index is 0.00160. The van der Waals surface area contributed by atoms with Gasteiger partial charge in [-0.05, 0) is 13.8 Å². The molecule has 0 saturated carbocycles. The zero-order chi connectivity index (χ0) is 17.3. The molecule has 0 aliphatic rings. The van der Waals surface area contributed by atoms with Gasteiger partial charge < -0.3 is 19.3 Å². The molecule has 2 heterocycles. The number of nitrogens with one attached hydrogen (secondary N) is 1. The van der Waals surface area contributed by atoms with E-state index in [0.29, 0.717) is 5.95 Å². The minimum atomic E-state index is -0.801. The van der Waals surface area contributed by atoms with Crippen molar-refractivity contribution in [3.8, 4) is 0 Å². The van der Waals surface area contributed by atoms with Gasteiger partial charge in [-0.1, -0.05) is 0 Å². The predicted octanol–water partition coefficient (Wildman–Crippen LogP) is -0.725. The molecule has 128 valence electrons. The fourth-order valence-electron chi connectivity index (χ4n) is 2.30. The summed E-state index contributed by atoms with van der Waals surface area (Å²) in [6, 6.07) is 0. The fourth-order valence-corrected chi connectivity index (χ4v) is 2.30. The van der Waals surface area contributed by atoms with E-state index < -0.39 is 17.4 Å². The van der Waals surface area contributed by atoms with Crippen LogP contribution in [0.2, 0.25) is 0 Å². The molecule has 2 rings (SSSR count). The number of aromatic nitrogens is 4. The van der Waals surface area contributed by atoms with E-state index in [1.165, 1.54) is 11.6 Å². The highest BCUT2D eigenvalue weighted by atomic mass is 16.5. The topological polar surface area (TPSA) is 105 Å². The van der Waals surface area contributed by atoms with Gasteiger partial charge in [0.25, 0.3) is 5.56 Å². The van der Waals surface area contributed by atoms with Crippen molar-refractivity contribution in [2.45, 2.75) is 32.6 Å². The molecule has 2 aromatic rings. The molecule has 0 unspecified atom stereocenters. The lowest BCUT2D eigenvalue weighted by Gasteiger charge is -2.18. The van der Waals surface area contributed by atoms with Gasteiger partial charge in [0.05, 0.1) is 25.4 Å². The third-order valence-electron chi connectivity index (χ3n) is 3.40. The zero-order valence-electron chi connectivity index (χ0n) is 14.0. The molecule has 0 aromatic carbocycles. The molecule has 0 amide bonds. The van der Waals surface area contributed by atoms with Gasteiger partial charge in [-0.25, -0.2) is 4.79 Å². The lowest BCUT2D eigenvalue weighted by Crippen LogP contribution is -2.31. The monoisotopic (exact) mass is 325 g/mol. The van der Waals surface area contributed by atoms with Crippen LogP contribution in [0.1, 0.15) is 13.8 Å². The molecule has 9 nitrogen and oxygen atoms in total. The second kappa shape index (κ2) is 6.55. The molecule has 1 atom stereocenters. The fraction of sp³-hybridized carbons (Fsp3) is 0.643. The average Bonchev–Trinajstić information content (AvgIpc) is 2.83. The Morgan fingerprint density at radius 2 is 2.00 bits per heavy atom. The molecule has 0 radical (unpaired) electrons. The molecular weight excluding hydrogens is 302 g/mol. The van der Waals surface area contributed by atoms with Crippen LogP contribution in [0.3, 0.4) is 0 Å². The summed E-state index contributed by atoms with van der Waals surface area (Å²) in [5.74, 6) is 0.482. The van der Waals surface area contributed by atoms with Crippen LogP contribution < -0.4 is 16.1 Å². The van der Waals surface area contributed by atoms with Gasteiger partial charge in [-0.2, -0.15) is 4.98 Å². The maximum atomic E-state index is 12.2. The largest absolute Gasteiger partial charge is 0.389 e. The molecule has 0 aliphatic heterocycles. The molecule has 0 aliphatic carbocycles. The van der Waals surface area contributed by atoms with Crippen molar-refractivity contribution >= 4 is 17.1 Å². The van der Waals surface area contributed by atoms with Crippen LogP contribution in [0, 0.1) is 0 Å². The number of fused-ring (bicyclic) bond motifs is 1. The van der Waals surface area contributed by atoms with Gasteiger partial charge in [0, 0.05) is 21.1 Å². The standard InChI is InChI=1S/C14H23N5O4/c1-8(2)23-7-9(20)6-19-10-11(15-13(19)17(3)4)18(5)14(22)16-12(10)21/h8-9,20H,6-7H2,1-5H3,(H,16,21,22)/t9-/m0/s1. The van der Waals surface area contributed by atoms with Gasteiger partial charge in [0.15, 0.2) is 11.2 Å². The Labute approximate surface area is 133 Å². The lowest BCUT2D eigenvalue weighted by molar-refractivity contribution is -0.000156. The molecule has 0 saturated heterocycles. The number of rotatable bonds is 6. The first kappa shape index (κ1) is 17.2. The van der Waals surface area contributed by atoms with E-state index in [4.69, 9.17) is 4.74 Å². The van der Waals surface area contributed by atoms with Crippen molar-refractivity contribution in [3.05, 3.63) is 20.8 Å². The Hall–Kier alpha value is -2.13. The normalized spacial score (nSPS) is 13.0. The number of ether oxygens (including phenoxy) is 1. The highest BCUT2D eigenvalue weighted by molar-refractivity contribution is 5.74. The number of aliphatic hydroxyl groups is 1. The Morgan fingerprint density at radius 1 is 1.35 bits per heavy atom. The third kappa shape index (κ3) is 3.45. The SMILES string of the molecule is CC(C)OC[C@@H](O)Cn1c(N(C)C)nc2c1c(=O)[nH]c(=O)n2C. The minimum Gasteiger partial charge on any atom is -0.389 e. The number of H-pyrrole nitrogens is 1. The third-order valence-corrected chi connectivity index (χ3v) is 3.40.